The van der Waals surface area contributed by atoms with Crippen LogP contribution in [0.1, 0.15) is 21.1 Å². The second-order valence-corrected chi connectivity index (χ2v) is 5.33. The maximum absolute atomic E-state index is 12.1. The Hall–Kier alpha value is -3.20. The number of ether oxygens (including phenoxy) is 1. The van der Waals surface area contributed by atoms with E-state index in [1.807, 2.05) is 4.90 Å². The van der Waals surface area contributed by atoms with Gasteiger partial charge in [0.05, 0.1) is 18.1 Å². The summed E-state index contributed by atoms with van der Waals surface area (Å²) in [6.07, 6.45) is 0.485. The van der Waals surface area contributed by atoms with Gasteiger partial charge in [0.1, 0.15) is 5.69 Å². The Balaban J connectivity index is 1.82. The third-order valence-electron chi connectivity index (χ3n) is 3.75. The van der Waals surface area contributed by atoms with E-state index in [1.165, 1.54) is 18.2 Å². The molecule has 3 rings (SSSR count). The molecule has 0 saturated carbocycles. The number of rotatable bonds is 5. The number of carbonyl (C=O) groups is 2. The molecular weight excluding hydrogens is 330 g/mol. The molecule has 2 heterocycles. The first-order valence-corrected chi connectivity index (χ1v) is 7.56. The number of hydrogen-bond acceptors (Lipinski definition) is 7. The molecule has 0 atom stereocenters. The van der Waals surface area contributed by atoms with Crippen molar-refractivity contribution in [3.05, 3.63) is 52.0 Å². The maximum Gasteiger partial charge on any atom is 0.294 e. The molecule has 130 valence electrons. The SMILES string of the molecule is O=Cc1ccc(C(=O)Nc2ccc(N3CCOCC3)c([N+](=O)[O-])c2)o1. The van der Waals surface area contributed by atoms with Gasteiger partial charge in [-0.3, -0.25) is 19.7 Å². The number of amides is 1. The average Bonchev–Trinajstić information content (AvgIpc) is 3.12. The molecule has 0 radical (unpaired) electrons. The highest BCUT2D eigenvalue weighted by Gasteiger charge is 2.22. The smallest absolute Gasteiger partial charge is 0.294 e. The van der Waals surface area contributed by atoms with E-state index >= 15 is 0 Å². The van der Waals surface area contributed by atoms with Crippen molar-refractivity contribution >= 4 is 29.3 Å². The largest absolute Gasteiger partial charge is 0.448 e. The number of furan rings is 1. The van der Waals surface area contributed by atoms with Crippen molar-refractivity contribution < 1.29 is 23.7 Å². The fourth-order valence-corrected chi connectivity index (χ4v) is 2.55. The molecule has 0 spiro atoms. The van der Waals surface area contributed by atoms with Gasteiger partial charge in [-0.2, -0.15) is 0 Å². The van der Waals surface area contributed by atoms with Gasteiger partial charge in [0.2, 0.25) is 0 Å². The molecule has 1 aliphatic heterocycles. The van der Waals surface area contributed by atoms with Crippen LogP contribution in [0.15, 0.2) is 34.7 Å². The number of nitro benzene ring substituents is 1. The summed E-state index contributed by atoms with van der Waals surface area (Å²) in [6, 6.07) is 7.20. The van der Waals surface area contributed by atoms with Gasteiger partial charge in [0.15, 0.2) is 17.8 Å². The summed E-state index contributed by atoms with van der Waals surface area (Å²) >= 11 is 0. The maximum atomic E-state index is 12.1. The van der Waals surface area contributed by atoms with Gasteiger partial charge in [0.25, 0.3) is 11.6 Å². The molecule has 25 heavy (non-hydrogen) atoms. The number of benzene rings is 1. The normalized spacial score (nSPS) is 14.2. The summed E-state index contributed by atoms with van der Waals surface area (Å²) in [6.45, 7) is 2.14. The Labute approximate surface area is 142 Å². The zero-order chi connectivity index (χ0) is 17.8. The average molecular weight is 345 g/mol. The second-order valence-electron chi connectivity index (χ2n) is 5.33. The van der Waals surface area contributed by atoms with Gasteiger partial charge >= 0.3 is 0 Å². The summed E-state index contributed by atoms with van der Waals surface area (Å²) < 4.78 is 10.3. The fraction of sp³-hybridized carbons (Fsp3) is 0.250. The van der Waals surface area contributed by atoms with E-state index < -0.39 is 10.8 Å². The minimum Gasteiger partial charge on any atom is -0.448 e. The van der Waals surface area contributed by atoms with E-state index in [4.69, 9.17) is 9.15 Å². The molecule has 0 unspecified atom stereocenters. The summed E-state index contributed by atoms with van der Waals surface area (Å²) in [5.74, 6) is -0.623. The first-order valence-electron chi connectivity index (χ1n) is 7.56. The molecule has 0 bridgehead atoms. The Kier molecular flexibility index (Phi) is 4.75. The highest BCUT2D eigenvalue weighted by Crippen LogP contribution is 2.31. The van der Waals surface area contributed by atoms with Gasteiger partial charge in [-0.05, 0) is 24.3 Å². The van der Waals surface area contributed by atoms with Gasteiger partial charge in [0, 0.05) is 24.8 Å². The second kappa shape index (κ2) is 7.14. The zero-order valence-corrected chi connectivity index (χ0v) is 13.1. The predicted molar refractivity (Wildman–Crippen MR) is 88.2 cm³/mol. The lowest BCUT2D eigenvalue weighted by molar-refractivity contribution is -0.384. The molecule has 1 saturated heterocycles. The number of morpholine rings is 1. The van der Waals surface area contributed by atoms with E-state index in [0.717, 1.165) is 0 Å². The number of hydrogen-bond donors (Lipinski definition) is 1. The van der Waals surface area contributed by atoms with Gasteiger partial charge in [-0.1, -0.05) is 0 Å². The van der Waals surface area contributed by atoms with Crippen LogP contribution in [0.25, 0.3) is 0 Å². The Morgan fingerprint density at radius 1 is 1.24 bits per heavy atom. The minimum absolute atomic E-state index is 0.0267. The molecule has 2 aromatic rings. The molecule has 1 N–H and O–H groups in total. The van der Waals surface area contributed by atoms with Crippen molar-refractivity contribution in [1.82, 2.24) is 0 Å². The van der Waals surface area contributed by atoms with Gasteiger partial charge < -0.3 is 19.4 Å². The first-order chi connectivity index (χ1) is 12.1. The summed E-state index contributed by atoms with van der Waals surface area (Å²) in [7, 11) is 0. The number of nitro groups is 1. The lowest BCUT2D eigenvalue weighted by atomic mass is 10.2. The van der Waals surface area contributed by atoms with Crippen LogP contribution in [0, 0.1) is 10.1 Å². The van der Waals surface area contributed by atoms with E-state index in [0.29, 0.717) is 38.3 Å². The topological polar surface area (TPSA) is 115 Å². The van der Waals surface area contributed by atoms with Crippen molar-refractivity contribution in [1.29, 1.82) is 0 Å². The molecule has 1 aromatic carbocycles. The quantitative estimate of drug-likeness (QED) is 0.501. The molecule has 1 amide bonds. The number of carbonyl (C=O) groups excluding carboxylic acids is 2. The standard InChI is InChI=1S/C16H15N3O6/c20-10-12-2-4-15(25-12)16(21)17-11-1-3-13(14(9-11)19(22)23)18-5-7-24-8-6-18/h1-4,9-10H,5-8H2,(H,17,21). The van der Waals surface area contributed by atoms with Crippen LogP contribution >= 0.6 is 0 Å². The van der Waals surface area contributed by atoms with Crippen LogP contribution in [0.5, 0.6) is 0 Å². The Morgan fingerprint density at radius 3 is 2.64 bits per heavy atom. The number of nitrogens with zero attached hydrogens (tertiary/aromatic N) is 2. The highest BCUT2D eigenvalue weighted by molar-refractivity contribution is 6.03. The highest BCUT2D eigenvalue weighted by atomic mass is 16.6. The van der Waals surface area contributed by atoms with E-state index in [2.05, 4.69) is 5.32 Å². The van der Waals surface area contributed by atoms with Crippen molar-refractivity contribution in [2.45, 2.75) is 0 Å². The predicted octanol–water partition coefficient (Wildman–Crippen LogP) is 2.09. The van der Waals surface area contributed by atoms with Crippen LogP contribution in [-0.2, 0) is 4.74 Å². The van der Waals surface area contributed by atoms with Crippen molar-refractivity contribution in [2.75, 3.05) is 36.5 Å². The summed E-state index contributed by atoms with van der Waals surface area (Å²) in [5, 5.41) is 13.9. The van der Waals surface area contributed by atoms with Crippen molar-refractivity contribution in [3.8, 4) is 0 Å². The van der Waals surface area contributed by atoms with Crippen LogP contribution in [0.2, 0.25) is 0 Å². The fourth-order valence-electron chi connectivity index (χ4n) is 2.55. The van der Waals surface area contributed by atoms with Crippen molar-refractivity contribution in [3.63, 3.8) is 0 Å². The third kappa shape index (κ3) is 3.66. The molecule has 1 aliphatic rings. The molecular formula is C16H15N3O6. The third-order valence-corrected chi connectivity index (χ3v) is 3.75. The van der Waals surface area contributed by atoms with Crippen LogP contribution in [0.3, 0.4) is 0 Å². The van der Waals surface area contributed by atoms with Gasteiger partial charge in [-0.25, -0.2) is 0 Å². The Bertz CT molecular complexity index is 810. The van der Waals surface area contributed by atoms with Gasteiger partial charge in [-0.15, -0.1) is 0 Å². The van der Waals surface area contributed by atoms with E-state index in [9.17, 15) is 19.7 Å². The number of aldehydes is 1. The molecule has 1 aromatic heterocycles. The summed E-state index contributed by atoms with van der Waals surface area (Å²) in [4.78, 5) is 35.5. The molecule has 0 aliphatic carbocycles. The van der Waals surface area contributed by atoms with E-state index in [1.54, 1.807) is 12.1 Å². The molecule has 1 fully saturated rings. The minimum atomic E-state index is -0.596. The van der Waals surface area contributed by atoms with Crippen LogP contribution in [-0.4, -0.2) is 43.4 Å². The lowest BCUT2D eigenvalue weighted by Gasteiger charge is -2.28. The van der Waals surface area contributed by atoms with E-state index in [-0.39, 0.29) is 22.9 Å². The monoisotopic (exact) mass is 345 g/mol. The Morgan fingerprint density at radius 2 is 2.00 bits per heavy atom. The van der Waals surface area contributed by atoms with Crippen LogP contribution in [0.4, 0.5) is 17.1 Å². The number of nitrogens with one attached hydrogen (secondary N) is 1. The number of anilines is 2. The summed E-state index contributed by atoms with van der Waals surface area (Å²) in [5.41, 5.74) is 0.637. The first kappa shape index (κ1) is 16.7. The lowest BCUT2D eigenvalue weighted by Crippen LogP contribution is -2.36. The van der Waals surface area contributed by atoms with Crippen LogP contribution < -0.4 is 10.2 Å². The molecule has 9 nitrogen and oxygen atoms in total. The van der Waals surface area contributed by atoms with Crippen molar-refractivity contribution in [2.24, 2.45) is 0 Å². The molecule has 9 heteroatoms. The zero-order valence-electron chi connectivity index (χ0n) is 13.1.